The van der Waals surface area contributed by atoms with E-state index < -0.39 is 35.1 Å². The molecule has 18 heavy (non-hydrogen) atoms. The van der Waals surface area contributed by atoms with Gasteiger partial charge in [0.15, 0.2) is 0 Å². The maximum Gasteiger partial charge on any atom is 0.416 e. The third-order valence-electron chi connectivity index (χ3n) is 2.23. The molecule has 0 aliphatic rings. The lowest BCUT2D eigenvalue weighted by Gasteiger charge is -2.17. The fourth-order valence-corrected chi connectivity index (χ4v) is 1.36. The Morgan fingerprint density at radius 1 is 1.06 bits per heavy atom. The summed E-state index contributed by atoms with van der Waals surface area (Å²) in [5.41, 5.74) is -3.61. The van der Waals surface area contributed by atoms with E-state index in [4.69, 9.17) is 0 Å². The van der Waals surface area contributed by atoms with Gasteiger partial charge in [0.05, 0.1) is 17.2 Å². The van der Waals surface area contributed by atoms with Crippen molar-refractivity contribution in [2.75, 3.05) is 0 Å². The van der Waals surface area contributed by atoms with Gasteiger partial charge in [0.1, 0.15) is 0 Å². The first-order chi connectivity index (χ1) is 8.07. The molecule has 0 amide bonds. The van der Waals surface area contributed by atoms with Gasteiger partial charge in [0.2, 0.25) is 0 Å². The van der Waals surface area contributed by atoms with E-state index in [9.17, 15) is 31.4 Å². The van der Waals surface area contributed by atoms with Crippen LogP contribution < -0.4 is 0 Å². The van der Waals surface area contributed by atoms with Crippen LogP contribution in [0.5, 0.6) is 0 Å². The topological polar surface area (TPSA) is 20.2 Å². The number of halogens is 6. The van der Waals surface area contributed by atoms with E-state index in [0.717, 1.165) is 6.08 Å². The molecule has 0 radical (unpaired) electrons. The maximum absolute atomic E-state index is 12.6. The molecule has 1 nitrogen and oxygen atoms in total. The lowest BCUT2D eigenvalue weighted by atomic mass is 9.99. The summed E-state index contributed by atoms with van der Waals surface area (Å²) in [7, 11) is 0. The quantitative estimate of drug-likeness (QED) is 0.637. The van der Waals surface area contributed by atoms with Gasteiger partial charge in [0, 0.05) is 0 Å². The fraction of sp³-hybridized carbons (Fsp3) is 0.273. The van der Waals surface area contributed by atoms with Crippen LogP contribution in [0.4, 0.5) is 26.3 Å². The van der Waals surface area contributed by atoms with Crippen LogP contribution in [0.1, 0.15) is 22.8 Å². The summed E-state index contributed by atoms with van der Waals surface area (Å²) in [5.74, 6) is 0. The van der Waals surface area contributed by atoms with Crippen LogP contribution in [0.25, 0.3) is 0 Å². The SMILES string of the molecule is C=CC(O)c1ccc(C(F)(F)F)cc1C(F)(F)F. The largest absolute Gasteiger partial charge is 0.416 e. The number of alkyl halides is 6. The minimum Gasteiger partial charge on any atom is -0.384 e. The zero-order valence-corrected chi connectivity index (χ0v) is 8.81. The average molecular weight is 270 g/mol. The summed E-state index contributed by atoms with van der Waals surface area (Å²) < 4.78 is 74.8. The van der Waals surface area contributed by atoms with Crippen molar-refractivity contribution in [1.82, 2.24) is 0 Å². The number of hydrogen-bond donors (Lipinski definition) is 1. The molecule has 0 bridgehead atoms. The Kier molecular flexibility index (Phi) is 3.75. The number of rotatable bonds is 2. The molecule has 0 saturated carbocycles. The number of aliphatic hydroxyl groups excluding tert-OH is 1. The first kappa shape index (κ1) is 14.6. The Balaban J connectivity index is 3.44. The van der Waals surface area contributed by atoms with Gasteiger partial charge in [0.25, 0.3) is 0 Å². The number of hydrogen-bond acceptors (Lipinski definition) is 1. The van der Waals surface area contributed by atoms with Crippen LogP contribution in [-0.4, -0.2) is 5.11 Å². The zero-order valence-electron chi connectivity index (χ0n) is 8.81. The predicted molar refractivity (Wildman–Crippen MR) is 51.6 cm³/mol. The van der Waals surface area contributed by atoms with Crippen LogP contribution in [0.2, 0.25) is 0 Å². The van der Waals surface area contributed by atoms with E-state index in [0.29, 0.717) is 12.1 Å². The van der Waals surface area contributed by atoms with Crippen molar-refractivity contribution in [2.45, 2.75) is 18.5 Å². The maximum atomic E-state index is 12.6. The number of aliphatic hydroxyl groups is 1. The second kappa shape index (κ2) is 4.64. The molecule has 100 valence electrons. The highest BCUT2D eigenvalue weighted by molar-refractivity contribution is 5.38. The van der Waals surface area contributed by atoms with Gasteiger partial charge in [-0.3, -0.25) is 0 Å². The van der Waals surface area contributed by atoms with Crippen molar-refractivity contribution >= 4 is 0 Å². The summed E-state index contributed by atoms with van der Waals surface area (Å²) in [6.45, 7) is 3.09. The van der Waals surface area contributed by atoms with Crippen LogP contribution in [0.3, 0.4) is 0 Å². The third kappa shape index (κ3) is 3.04. The second-order valence-electron chi connectivity index (χ2n) is 3.48. The molecule has 7 heteroatoms. The predicted octanol–water partition coefficient (Wildman–Crippen LogP) is 3.94. The lowest BCUT2D eigenvalue weighted by molar-refractivity contribution is -0.143. The van der Waals surface area contributed by atoms with Gasteiger partial charge in [-0.2, -0.15) is 26.3 Å². The van der Waals surface area contributed by atoms with Crippen LogP contribution in [0, 0.1) is 0 Å². The first-order valence-corrected chi connectivity index (χ1v) is 4.66. The summed E-state index contributed by atoms with van der Waals surface area (Å²) in [5, 5.41) is 9.27. The highest BCUT2D eigenvalue weighted by Crippen LogP contribution is 2.39. The second-order valence-corrected chi connectivity index (χ2v) is 3.48. The molecule has 0 heterocycles. The van der Waals surface area contributed by atoms with Crippen molar-refractivity contribution in [3.63, 3.8) is 0 Å². The monoisotopic (exact) mass is 270 g/mol. The van der Waals surface area contributed by atoms with E-state index in [-0.39, 0.29) is 6.07 Å². The van der Waals surface area contributed by atoms with E-state index in [1.165, 1.54) is 0 Å². The normalized spacial score (nSPS) is 14.4. The molecule has 0 saturated heterocycles. The highest BCUT2D eigenvalue weighted by Gasteiger charge is 2.38. The molecule has 1 rings (SSSR count). The van der Waals surface area contributed by atoms with E-state index in [2.05, 4.69) is 6.58 Å². The molecule has 0 aromatic heterocycles. The Labute approximate surface area is 98.4 Å². The summed E-state index contributed by atoms with van der Waals surface area (Å²) in [4.78, 5) is 0. The van der Waals surface area contributed by atoms with Gasteiger partial charge < -0.3 is 5.11 Å². The van der Waals surface area contributed by atoms with Crippen molar-refractivity contribution in [1.29, 1.82) is 0 Å². The van der Waals surface area contributed by atoms with Gasteiger partial charge in [-0.05, 0) is 17.7 Å². The molecule has 1 N–H and O–H groups in total. The first-order valence-electron chi connectivity index (χ1n) is 4.66. The van der Waals surface area contributed by atoms with E-state index in [1.54, 1.807) is 0 Å². The van der Waals surface area contributed by atoms with Gasteiger partial charge in [-0.1, -0.05) is 12.1 Å². The molecule has 0 aliphatic carbocycles. The minimum absolute atomic E-state index is 0.0257. The molecule has 0 spiro atoms. The van der Waals surface area contributed by atoms with Crippen LogP contribution in [-0.2, 0) is 12.4 Å². The van der Waals surface area contributed by atoms with E-state index in [1.807, 2.05) is 0 Å². The smallest absolute Gasteiger partial charge is 0.384 e. The Hall–Kier alpha value is -1.50. The highest BCUT2D eigenvalue weighted by atomic mass is 19.4. The average Bonchev–Trinajstić information content (AvgIpc) is 2.24. The Bertz CT molecular complexity index is 446. The molecular weight excluding hydrogens is 262 g/mol. The molecule has 1 unspecified atom stereocenters. The molecule has 1 aromatic carbocycles. The molecule has 0 fully saturated rings. The number of benzene rings is 1. The Morgan fingerprint density at radius 2 is 1.61 bits per heavy atom. The molecule has 1 aromatic rings. The van der Waals surface area contributed by atoms with Crippen LogP contribution >= 0.6 is 0 Å². The van der Waals surface area contributed by atoms with Crippen molar-refractivity contribution in [3.05, 3.63) is 47.5 Å². The molecule has 1 atom stereocenters. The summed E-state index contributed by atoms with van der Waals surface area (Å²) >= 11 is 0. The van der Waals surface area contributed by atoms with E-state index >= 15 is 0 Å². The minimum atomic E-state index is -4.99. The standard InChI is InChI=1S/C11H8F6O/c1-2-9(18)7-4-3-6(10(12,13)14)5-8(7)11(15,16)17/h2-5,9,18H,1H2. The van der Waals surface area contributed by atoms with Crippen molar-refractivity contribution in [3.8, 4) is 0 Å². The molecular formula is C11H8F6O. The van der Waals surface area contributed by atoms with Gasteiger partial charge in [-0.15, -0.1) is 6.58 Å². The summed E-state index contributed by atoms with van der Waals surface area (Å²) in [6, 6.07) is 1.05. The van der Waals surface area contributed by atoms with Crippen LogP contribution in [0.15, 0.2) is 30.9 Å². The van der Waals surface area contributed by atoms with Crippen molar-refractivity contribution < 1.29 is 31.4 Å². The third-order valence-corrected chi connectivity index (χ3v) is 2.23. The molecule has 0 aliphatic heterocycles. The Morgan fingerprint density at radius 3 is 2.00 bits per heavy atom. The summed E-state index contributed by atoms with van der Waals surface area (Å²) in [6.07, 6.45) is -10.7. The zero-order chi connectivity index (χ0) is 14.1. The van der Waals surface area contributed by atoms with Crippen molar-refractivity contribution in [2.24, 2.45) is 0 Å². The lowest BCUT2D eigenvalue weighted by Crippen LogP contribution is -2.14. The van der Waals surface area contributed by atoms with Gasteiger partial charge >= 0.3 is 12.4 Å². The van der Waals surface area contributed by atoms with Gasteiger partial charge in [-0.25, -0.2) is 0 Å². The fourth-order valence-electron chi connectivity index (χ4n) is 1.36.